The lowest BCUT2D eigenvalue weighted by Crippen LogP contribution is -2.48. The van der Waals surface area contributed by atoms with E-state index in [2.05, 4.69) is 15.3 Å². The van der Waals surface area contributed by atoms with Crippen molar-refractivity contribution in [3.8, 4) is 10.6 Å². The Hall–Kier alpha value is -2.64. The lowest BCUT2D eigenvalue weighted by Gasteiger charge is -2.36. The topological polar surface area (TPSA) is 58.1 Å². The molecule has 27 heavy (non-hydrogen) atoms. The third-order valence-corrected chi connectivity index (χ3v) is 5.85. The average Bonchev–Trinajstić information content (AvgIpc) is 3.10. The van der Waals surface area contributed by atoms with Gasteiger partial charge in [0.15, 0.2) is 0 Å². The Morgan fingerprint density at radius 3 is 2.85 bits per heavy atom. The molecule has 0 bridgehead atoms. The molecular formula is C20H19FN4OS. The number of thiazole rings is 1. The normalized spacial score (nSPS) is 17.1. The first-order valence-corrected chi connectivity index (χ1v) is 9.60. The summed E-state index contributed by atoms with van der Waals surface area (Å²) in [7, 11) is 0. The Morgan fingerprint density at radius 1 is 1.30 bits per heavy atom. The van der Waals surface area contributed by atoms with Crippen LogP contribution in [0.2, 0.25) is 0 Å². The third-order valence-electron chi connectivity index (χ3n) is 4.66. The molecule has 0 spiro atoms. The number of nitrogens with one attached hydrogen (secondary N) is 1. The lowest BCUT2D eigenvalue weighted by molar-refractivity contribution is 0.0638. The van der Waals surface area contributed by atoms with Gasteiger partial charge in [0.1, 0.15) is 15.7 Å². The van der Waals surface area contributed by atoms with Gasteiger partial charge in [-0.15, -0.1) is 11.3 Å². The molecule has 0 saturated carbocycles. The number of nitrogens with zero attached hydrogens (tertiary/aromatic N) is 3. The van der Waals surface area contributed by atoms with Gasteiger partial charge in [-0.05, 0) is 42.8 Å². The highest BCUT2D eigenvalue weighted by atomic mass is 32.1. The van der Waals surface area contributed by atoms with Gasteiger partial charge in [0.2, 0.25) is 0 Å². The fourth-order valence-corrected chi connectivity index (χ4v) is 4.29. The standard InChI is InChI=1S/C20H19FN4OS/c1-13-18(27-19(24-13)14-4-6-16(21)7-5-14)20(26)25-10-9-23-12-17(25)15-3-2-8-22-11-15/h2-8,11,17,23H,9-10,12H2,1H3. The van der Waals surface area contributed by atoms with Crippen molar-refractivity contribution >= 4 is 17.2 Å². The second-order valence-electron chi connectivity index (χ2n) is 6.45. The smallest absolute Gasteiger partial charge is 0.266 e. The van der Waals surface area contributed by atoms with Crippen molar-refractivity contribution in [2.24, 2.45) is 0 Å². The summed E-state index contributed by atoms with van der Waals surface area (Å²) in [6.07, 6.45) is 3.54. The number of hydrogen-bond acceptors (Lipinski definition) is 5. The minimum Gasteiger partial charge on any atom is -0.328 e. The second kappa shape index (κ2) is 7.54. The maximum atomic E-state index is 13.3. The molecule has 4 rings (SSSR count). The van der Waals surface area contributed by atoms with Gasteiger partial charge in [-0.1, -0.05) is 6.07 Å². The molecule has 1 aliphatic rings. The van der Waals surface area contributed by atoms with E-state index in [1.54, 1.807) is 24.5 Å². The van der Waals surface area contributed by atoms with Gasteiger partial charge in [-0.2, -0.15) is 0 Å². The van der Waals surface area contributed by atoms with Gasteiger partial charge in [0.25, 0.3) is 5.91 Å². The van der Waals surface area contributed by atoms with E-state index in [1.807, 2.05) is 24.0 Å². The zero-order valence-corrected chi connectivity index (χ0v) is 15.7. The number of rotatable bonds is 3. The Balaban J connectivity index is 1.64. The summed E-state index contributed by atoms with van der Waals surface area (Å²) in [6.45, 7) is 3.92. The van der Waals surface area contributed by atoms with Crippen LogP contribution in [0.3, 0.4) is 0 Å². The Morgan fingerprint density at radius 2 is 2.11 bits per heavy atom. The number of halogens is 1. The van der Waals surface area contributed by atoms with Gasteiger partial charge in [-0.3, -0.25) is 9.78 Å². The van der Waals surface area contributed by atoms with Crippen LogP contribution in [0.1, 0.15) is 27.0 Å². The maximum Gasteiger partial charge on any atom is 0.266 e. The number of amides is 1. The highest BCUT2D eigenvalue weighted by Gasteiger charge is 2.31. The van der Waals surface area contributed by atoms with Crippen molar-refractivity contribution in [3.05, 3.63) is 70.7 Å². The highest BCUT2D eigenvalue weighted by Crippen LogP contribution is 2.31. The molecule has 1 aliphatic heterocycles. The van der Waals surface area contributed by atoms with Crippen molar-refractivity contribution in [2.75, 3.05) is 19.6 Å². The van der Waals surface area contributed by atoms with E-state index in [-0.39, 0.29) is 17.8 Å². The van der Waals surface area contributed by atoms with Crippen LogP contribution in [0.15, 0.2) is 48.8 Å². The summed E-state index contributed by atoms with van der Waals surface area (Å²) in [5.41, 5.74) is 2.53. The molecule has 0 radical (unpaired) electrons. The van der Waals surface area contributed by atoms with E-state index in [4.69, 9.17) is 0 Å². The van der Waals surface area contributed by atoms with E-state index in [0.717, 1.165) is 22.7 Å². The molecule has 3 heterocycles. The Bertz CT molecular complexity index is 942. The minimum absolute atomic E-state index is 0.0197. The third kappa shape index (κ3) is 3.61. The van der Waals surface area contributed by atoms with Crippen molar-refractivity contribution < 1.29 is 9.18 Å². The molecule has 2 aromatic heterocycles. The second-order valence-corrected chi connectivity index (χ2v) is 7.44. The number of piperazine rings is 1. The highest BCUT2D eigenvalue weighted by molar-refractivity contribution is 7.17. The van der Waals surface area contributed by atoms with Crippen molar-refractivity contribution in [1.82, 2.24) is 20.2 Å². The van der Waals surface area contributed by atoms with E-state index in [0.29, 0.717) is 23.7 Å². The molecule has 0 aliphatic carbocycles. The first kappa shape index (κ1) is 17.8. The molecule has 1 unspecified atom stereocenters. The summed E-state index contributed by atoms with van der Waals surface area (Å²) in [5.74, 6) is -0.308. The largest absolute Gasteiger partial charge is 0.328 e. The molecule has 138 valence electrons. The number of carbonyl (C=O) groups excluding carboxylic acids is 1. The van der Waals surface area contributed by atoms with Gasteiger partial charge in [0, 0.05) is 37.6 Å². The monoisotopic (exact) mass is 382 g/mol. The molecule has 1 aromatic carbocycles. The number of aryl methyl sites for hydroxylation is 1. The molecule has 1 N–H and O–H groups in total. The van der Waals surface area contributed by atoms with E-state index in [9.17, 15) is 9.18 Å². The van der Waals surface area contributed by atoms with Gasteiger partial charge >= 0.3 is 0 Å². The van der Waals surface area contributed by atoms with Crippen LogP contribution >= 0.6 is 11.3 Å². The molecule has 1 saturated heterocycles. The van der Waals surface area contributed by atoms with E-state index in [1.165, 1.54) is 23.5 Å². The van der Waals surface area contributed by atoms with Crippen LogP contribution in [0.5, 0.6) is 0 Å². The molecular weight excluding hydrogens is 363 g/mol. The molecule has 3 aromatic rings. The molecule has 5 nitrogen and oxygen atoms in total. The van der Waals surface area contributed by atoms with Crippen molar-refractivity contribution in [3.63, 3.8) is 0 Å². The zero-order chi connectivity index (χ0) is 18.8. The van der Waals surface area contributed by atoms with Crippen LogP contribution in [0.25, 0.3) is 10.6 Å². The minimum atomic E-state index is -0.288. The number of pyridine rings is 1. The van der Waals surface area contributed by atoms with Crippen LogP contribution < -0.4 is 5.32 Å². The summed E-state index contributed by atoms with van der Waals surface area (Å²) < 4.78 is 13.2. The number of aromatic nitrogens is 2. The predicted octanol–water partition coefficient (Wildman–Crippen LogP) is 3.44. The van der Waals surface area contributed by atoms with Crippen LogP contribution in [0, 0.1) is 12.7 Å². The average molecular weight is 382 g/mol. The Labute approximate surface area is 160 Å². The molecule has 1 atom stereocenters. The first-order valence-electron chi connectivity index (χ1n) is 8.78. The fourth-order valence-electron chi connectivity index (χ4n) is 3.26. The number of benzene rings is 1. The van der Waals surface area contributed by atoms with E-state index >= 15 is 0 Å². The van der Waals surface area contributed by atoms with Crippen molar-refractivity contribution in [2.45, 2.75) is 13.0 Å². The van der Waals surface area contributed by atoms with Crippen LogP contribution in [-0.4, -0.2) is 40.4 Å². The molecule has 7 heteroatoms. The quantitative estimate of drug-likeness (QED) is 0.754. The van der Waals surface area contributed by atoms with E-state index < -0.39 is 0 Å². The Kier molecular flexibility index (Phi) is 4.96. The predicted molar refractivity (Wildman–Crippen MR) is 103 cm³/mol. The van der Waals surface area contributed by atoms with Crippen LogP contribution in [0.4, 0.5) is 4.39 Å². The number of hydrogen-bond donors (Lipinski definition) is 1. The first-order chi connectivity index (χ1) is 13.1. The van der Waals surface area contributed by atoms with Crippen molar-refractivity contribution in [1.29, 1.82) is 0 Å². The molecule has 1 fully saturated rings. The van der Waals surface area contributed by atoms with Gasteiger partial charge in [0.05, 0.1) is 11.7 Å². The fraction of sp³-hybridized carbons (Fsp3) is 0.250. The van der Waals surface area contributed by atoms with Gasteiger partial charge < -0.3 is 10.2 Å². The zero-order valence-electron chi connectivity index (χ0n) is 14.9. The van der Waals surface area contributed by atoms with Crippen LogP contribution in [-0.2, 0) is 0 Å². The van der Waals surface area contributed by atoms with Gasteiger partial charge in [-0.25, -0.2) is 9.37 Å². The summed E-state index contributed by atoms with van der Waals surface area (Å²) in [4.78, 5) is 24.5. The summed E-state index contributed by atoms with van der Waals surface area (Å²) in [5, 5.41) is 4.08. The summed E-state index contributed by atoms with van der Waals surface area (Å²) >= 11 is 1.36. The summed E-state index contributed by atoms with van der Waals surface area (Å²) in [6, 6.07) is 10.0. The maximum absolute atomic E-state index is 13.3. The SMILES string of the molecule is Cc1nc(-c2ccc(F)cc2)sc1C(=O)N1CCNCC1c1cccnc1. The molecule has 1 amide bonds. The lowest BCUT2D eigenvalue weighted by atomic mass is 10.0. The number of carbonyl (C=O) groups is 1.